The minimum absolute atomic E-state index is 0.00296. The molecule has 0 bridgehead atoms. The van der Waals surface area contributed by atoms with Crippen molar-refractivity contribution in [1.29, 1.82) is 0 Å². The van der Waals surface area contributed by atoms with Crippen LogP contribution in [-0.4, -0.2) is 59.1 Å². The Morgan fingerprint density at radius 3 is 2.59 bits per heavy atom. The Morgan fingerprint density at radius 2 is 2.00 bits per heavy atom. The third-order valence-corrected chi connectivity index (χ3v) is 5.17. The number of rotatable bonds is 6. The Morgan fingerprint density at radius 1 is 1.30 bits per heavy atom. The van der Waals surface area contributed by atoms with Gasteiger partial charge in [-0.05, 0) is 5.56 Å². The maximum atomic E-state index is 12.7. The molecule has 27 heavy (non-hydrogen) atoms. The predicted octanol–water partition coefficient (Wildman–Crippen LogP) is 1.36. The van der Waals surface area contributed by atoms with Crippen molar-refractivity contribution in [3.05, 3.63) is 53.9 Å². The molecule has 1 aromatic heterocycles. The van der Waals surface area contributed by atoms with Gasteiger partial charge in [-0.25, -0.2) is 0 Å². The topological polar surface area (TPSA) is 70.5 Å². The summed E-state index contributed by atoms with van der Waals surface area (Å²) in [6.45, 7) is 0.564. The normalized spacial score (nSPS) is 20.7. The molecule has 144 valence electrons. The lowest BCUT2D eigenvalue weighted by Crippen LogP contribution is -2.39. The smallest absolute Gasteiger partial charge is 0.243 e. The Balaban J connectivity index is 1.79. The van der Waals surface area contributed by atoms with Gasteiger partial charge in [-0.3, -0.25) is 14.3 Å². The van der Waals surface area contributed by atoms with E-state index in [1.807, 2.05) is 56.8 Å². The molecule has 3 atom stereocenters. The van der Waals surface area contributed by atoms with Crippen molar-refractivity contribution in [1.82, 2.24) is 24.9 Å². The van der Waals surface area contributed by atoms with Gasteiger partial charge >= 0.3 is 0 Å². The van der Waals surface area contributed by atoms with Gasteiger partial charge in [-0.1, -0.05) is 30.3 Å². The first-order valence-electron chi connectivity index (χ1n) is 9.12. The summed E-state index contributed by atoms with van der Waals surface area (Å²) in [7, 11) is 7.21. The zero-order valence-corrected chi connectivity index (χ0v) is 16.3. The quantitative estimate of drug-likeness (QED) is 0.835. The summed E-state index contributed by atoms with van der Waals surface area (Å²) in [6, 6.07) is 9.22. The van der Waals surface area contributed by atoms with E-state index in [2.05, 4.69) is 10.4 Å². The van der Waals surface area contributed by atoms with Crippen molar-refractivity contribution >= 4 is 11.8 Å². The third-order valence-electron chi connectivity index (χ3n) is 5.17. The van der Waals surface area contributed by atoms with Crippen molar-refractivity contribution in [2.24, 2.45) is 13.0 Å². The predicted molar refractivity (Wildman–Crippen MR) is 103 cm³/mol. The highest BCUT2D eigenvalue weighted by atomic mass is 16.2. The average molecular weight is 369 g/mol. The number of amides is 2. The molecule has 3 rings (SSSR count). The van der Waals surface area contributed by atoms with E-state index in [1.54, 1.807) is 28.6 Å². The highest BCUT2D eigenvalue weighted by Gasteiger charge is 2.39. The van der Waals surface area contributed by atoms with Gasteiger partial charge in [-0.2, -0.15) is 5.10 Å². The van der Waals surface area contributed by atoms with Crippen molar-refractivity contribution in [3.8, 4) is 0 Å². The van der Waals surface area contributed by atoms with Crippen LogP contribution < -0.4 is 5.32 Å². The molecule has 2 aromatic rings. The van der Waals surface area contributed by atoms with Gasteiger partial charge in [0, 0.05) is 58.8 Å². The number of aromatic nitrogens is 2. The fourth-order valence-electron chi connectivity index (χ4n) is 3.74. The number of carbonyl (C=O) groups excluding carboxylic acids is 2. The van der Waals surface area contributed by atoms with E-state index in [0.717, 1.165) is 11.1 Å². The third kappa shape index (κ3) is 4.03. The van der Waals surface area contributed by atoms with Gasteiger partial charge < -0.3 is 15.1 Å². The van der Waals surface area contributed by atoms with Crippen LogP contribution in [0.3, 0.4) is 0 Å². The second-order valence-corrected chi connectivity index (χ2v) is 7.35. The number of aryl methyl sites for hydroxylation is 1. The Hall–Kier alpha value is -2.67. The molecule has 2 amide bonds. The van der Waals surface area contributed by atoms with Crippen molar-refractivity contribution in [2.75, 3.05) is 27.7 Å². The van der Waals surface area contributed by atoms with Crippen LogP contribution in [0, 0.1) is 5.92 Å². The number of nitrogens with zero attached hydrogens (tertiary/aromatic N) is 4. The number of carbonyl (C=O) groups is 2. The number of likely N-dealkylation sites (tertiary alicyclic amines) is 1. The maximum absolute atomic E-state index is 12.7. The number of likely N-dealkylation sites (N-methyl/N-ethyl adjacent to an activating group) is 1. The largest absolute Gasteiger partial charge is 0.347 e. The average Bonchev–Trinajstić information content (AvgIpc) is 3.19. The van der Waals surface area contributed by atoms with E-state index in [4.69, 9.17) is 0 Å². The minimum Gasteiger partial charge on any atom is -0.347 e. The van der Waals surface area contributed by atoms with E-state index < -0.39 is 6.04 Å². The Kier molecular flexibility index (Phi) is 5.60. The lowest BCUT2D eigenvalue weighted by atomic mass is 9.95. The van der Waals surface area contributed by atoms with Crippen LogP contribution in [-0.2, 0) is 16.6 Å². The van der Waals surface area contributed by atoms with Crippen molar-refractivity contribution in [2.45, 2.75) is 18.5 Å². The molecule has 0 saturated carbocycles. The highest BCUT2D eigenvalue weighted by molar-refractivity contribution is 5.83. The SMILES string of the molecule is CN(C)C(=O)[C@H](NC[C@@H]1CC(=O)N(C)[C@H]1c1cnn(C)c1)c1ccccc1. The molecule has 1 aromatic carbocycles. The molecule has 1 fully saturated rings. The fourth-order valence-corrected chi connectivity index (χ4v) is 3.74. The molecule has 0 radical (unpaired) electrons. The summed E-state index contributed by atoms with van der Waals surface area (Å²) in [5.41, 5.74) is 1.94. The highest BCUT2D eigenvalue weighted by Crippen LogP contribution is 2.36. The van der Waals surface area contributed by atoms with Gasteiger partial charge in [-0.15, -0.1) is 0 Å². The minimum atomic E-state index is -0.434. The van der Waals surface area contributed by atoms with Crippen LogP contribution in [0.25, 0.3) is 0 Å². The van der Waals surface area contributed by atoms with Crippen molar-refractivity contribution < 1.29 is 9.59 Å². The zero-order valence-electron chi connectivity index (χ0n) is 16.3. The molecule has 1 N–H and O–H groups in total. The second kappa shape index (κ2) is 7.92. The summed E-state index contributed by atoms with van der Waals surface area (Å²) in [5, 5.41) is 7.66. The molecule has 1 aliphatic rings. The van der Waals surface area contributed by atoms with E-state index in [1.165, 1.54) is 0 Å². The first kappa shape index (κ1) is 19.1. The summed E-state index contributed by atoms with van der Waals surface area (Å²) >= 11 is 0. The van der Waals surface area contributed by atoms with E-state index in [9.17, 15) is 9.59 Å². The number of nitrogens with one attached hydrogen (secondary N) is 1. The van der Waals surface area contributed by atoms with Crippen LogP contribution in [0.15, 0.2) is 42.7 Å². The number of hydrogen-bond donors (Lipinski definition) is 1. The van der Waals surface area contributed by atoms with Gasteiger partial charge in [0.15, 0.2) is 0 Å². The van der Waals surface area contributed by atoms with Crippen LogP contribution in [0.1, 0.15) is 29.6 Å². The first-order chi connectivity index (χ1) is 12.9. The summed E-state index contributed by atoms with van der Waals surface area (Å²) < 4.78 is 1.75. The molecule has 1 aliphatic heterocycles. The first-order valence-corrected chi connectivity index (χ1v) is 9.12. The van der Waals surface area contributed by atoms with Crippen LogP contribution in [0.2, 0.25) is 0 Å². The lowest BCUT2D eigenvalue weighted by Gasteiger charge is -2.27. The molecule has 2 heterocycles. The van der Waals surface area contributed by atoms with Crippen LogP contribution in [0.5, 0.6) is 0 Å². The molecular weight excluding hydrogens is 342 g/mol. The van der Waals surface area contributed by atoms with Crippen LogP contribution >= 0.6 is 0 Å². The summed E-state index contributed by atoms with van der Waals surface area (Å²) in [4.78, 5) is 28.4. The standard InChI is InChI=1S/C20H27N5O2/c1-23(2)20(27)18(14-8-6-5-7-9-14)21-11-15-10-17(26)25(4)19(15)16-12-22-24(3)13-16/h5-9,12-13,15,18-19,21H,10-11H2,1-4H3/t15-,18+,19+/m0/s1. The summed E-state index contributed by atoms with van der Waals surface area (Å²) in [6.07, 6.45) is 4.22. The van der Waals surface area contributed by atoms with E-state index in [-0.39, 0.29) is 23.8 Å². The van der Waals surface area contributed by atoms with Gasteiger partial charge in [0.1, 0.15) is 6.04 Å². The Bertz CT molecular complexity index is 802. The monoisotopic (exact) mass is 369 g/mol. The zero-order chi connectivity index (χ0) is 19.6. The molecule has 7 heteroatoms. The van der Waals surface area contributed by atoms with E-state index in [0.29, 0.717) is 13.0 Å². The fraction of sp³-hybridized carbons (Fsp3) is 0.450. The number of benzene rings is 1. The molecular formula is C20H27N5O2. The van der Waals surface area contributed by atoms with Gasteiger partial charge in [0.05, 0.1) is 12.2 Å². The van der Waals surface area contributed by atoms with E-state index >= 15 is 0 Å². The van der Waals surface area contributed by atoms with Crippen molar-refractivity contribution in [3.63, 3.8) is 0 Å². The van der Waals surface area contributed by atoms with Gasteiger partial charge in [0.25, 0.3) is 0 Å². The molecule has 0 aliphatic carbocycles. The lowest BCUT2D eigenvalue weighted by molar-refractivity contribution is -0.131. The molecule has 1 saturated heterocycles. The maximum Gasteiger partial charge on any atom is 0.243 e. The molecule has 0 unspecified atom stereocenters. The summed E-state index contributed by atoms with van der Waals surface area (Å²) in [5.74, 6) is 0.190. The van der Waals surface area contributed by atoms with Gasteiger partial charge in [0.2, 0.25) is 11.8 Å². The van der Waals surface area contributed by atoms with Crippen LogP contribution in [0.4, 0.5) is 0 Å². The number of hydrogen-bond acceptors (Lipinski definition) is 4. The molecule has 0 spiro atoms. The Labute approximate surface area is 159 Å². The molecule has 7 nitrogen and oxygen atoms in total. The second-order valence-electron chi connectivity index (χ2n) is 7.35.